The van der Waals surface area contributed by atoms with Crippen molar-refractivity contribution in [1.82, 2.24) is 9.97 Å². The van der Waals surface area contributed by atoms with E-state index in [1.807, 2.05) is 30.3 Å². The number of aromatic amines is 1. The molecule has 0 radical (unpaired) electrons. The zero-order chi connectivity index (χ0) is 14.4. The minimum absolute atomic E-state index is 0.169. The van der Waals surface area contributed by atoms with E-state index >= 15 is 0 Å². The van der Waals surface area contributed by atoms with E-state index in [9.17, 15) is 5.11 Å². The third-order valence-electron chi connectivity index (χ3n) is 3.60. The highest BCUT2D eigenvalue weighted by Gasteiger charge is 2.10. The SMILES string of the molecule is Oc1ccc(Cl)cc1-c1ccc2c(n1)[nH]c1ccccc12. The molecule has 0 atom stereocenters. The number of phenols is 1. The average Bonchev–Trinajstić information content (AvgIpc) is 2.87. The van der Waals surface area contributed by atoms with Crippen LogP contribution in [0.5, 0.6) is 5.75 Å². The zero-order valence-corrected chi connectivity index (χ0v) is 11.7. The third kappa shape index (κ3) is 1.94. The molecular formula is C17H11ClN2O. The fourth-order valence-electron chi connectivity index (χ4n) is 2.59. The molecule has 21 heavy (non-hydrogen) atoms. The van der Waals surface area contributed by atoms with Crippen LogP contribution in [0.25, 0.3) is 33.2 Å². The van der Waals surface area contributed by atoms with Gasteiger partial charge < -0.3 is 10.1 Å². The van der Waals surface area contributed by atoms with E-state index in [4.69, 9.17) is 11.6 Å². The van der Waals surface area contributed by atoms with Crippen molar-refractivity contribution in [3.63, 3.8) is 0 Å². The van der Waals surface area contributed by atoms with E-state index in [1.165, 1.54) is 0 Å². The lowest BCUT2D eigenvalue weighted by Crippen LogP contribution is -1.85. The van der Waals surface area contributed by atoms with Crippen LogP contribution in [0.2, 0.25) is 5.02 Å². The number of nitrogens with zero attached hydrogens (tertiary/aromatic N) is 1. The number of nitrogens with one attached hydrogen (secondary N) is 1. The van der Waals surface area contributed by atoms with Crippen molar-refractivity contribution in [2.24, 2.45) is 0 Å². The predicted octanol–water partition coefficient (Wildman–Crippen LogP) is 4.74. The Balaban J connectivity index is 1.98. The van der Waals surface area contributed by atoms with Gasteiger partial charge in [-0.15, -0.1) is 0 Å². The van der Waals surface area contributed by atoms with E-state index in [0.717, 1.165) is 21.9 Å². The Labute approximate surface area is 125 Å². The summed E-state index contributed by atoms with van der Waals surface area (Å²) in [5.74, 6) is 0.169. The molecule has 0 saturated carbocycles. The van der Waals surface area contributed by atoms with Gasteiger partial charge in [-0.3, -0.25) is 0 Å². The summed E-state index contributed by atoms with van der Waals surface area (Å²) in [7, 11) is 0. The van der Waals surface area contributed by atoms with Crippen molar-refractivity contribution < 1.29 is 5.11 Å². The maximum atomic E-state index is 9.99. The zero-order valence-electron chi connectivity index (χ0n) is 11.0. The monoisotopic (exact) mass is 294 g/mol. The molecule has 4 aromatic rings. The molecule has 0 unspecified atom stereocenters. The molecule has 3 nitrogen and oxygen atoms in total. The van der Waals surface area contributed by atoms with Crippen LogP contribution in [-0.2, 0) is 0 Å². The molecule has 2 aromatic carbocycles. The summed E-state index contributed by atoms with van der Waals surface area (Å²) in [6.45, 7) is 0. The van der Waals surface area contributed by atoms with E-state index in [1.54, 1.807) is 18.2 Å². The van der Waals surface area contributed by atoms with Gasteiger partial charge >= 0.3 is 0 Å². The molecule has 2 heterocycles. The standard InChI is InChI=1S/C17H11ClN2O/c18-10-5-8-16(21)13(9-10)15-7-6-12-11-3-1-2-4-14(11)19-17(12)20-15/h1-9,21H,(H,19,20). The first-order valence-corrected chi connectivity index (χ1v) is 6.96. The summed E-state index contributed by atoms with van der Waals surface area (Å²) in [6, 6.07) is 16.9. The van der Waals surface area contributed by atoms with Gasteiger partial charge in [0, 0.05) is 26.9 Å². The molecule has 102 valence electrons. The molecule has 0 aliphatic carbocycles. The van der Waals surface area contributed by atoms with Gasteiger partial charge in [-0.05, 0) is 36.4 Å². The lowest BCUT2D eigenvalue weighted by atomic mass is 10.1. The topological polar surface area (TPSA) is 48.9 Å². The van der Waals surface area contributed by atoms with Crippen LogP contribution >= 0.6 is 11.6 Å². The number of aromatic nitrogens is 2. The first-order valence-electron chi connectivity index (χ1n) is 6.59. The van der Waals surface area contributed by atoms with Crippen molar-refractivity contribution in [2.75, 3.05) is 0 Å². The first-order chi connectivity index (χ1) is 10.2. The fraction of sp³-hybridized carbons (Fsp3) is 0. The Morgan fingerprint density at radius 2 is 1.81 bits per heavy atom. The minimum Gasteiger partial charge on any atom is -0.507 e. The molecule has 0 aliphatic rings. The molecule has 2 N–H and O–H groups in total. The number of rotatable bonds is 1. The number of pyridine rings is 1. The van der Waals surface area contributed by atoms with E-state index in [0.29, 0.717) is 16.3 Å². The van der Waals surface area contributed by atoms with Crippen molar-refractivity contribution in [3.8, 4) is 17.0 Å². The average molecular weight is 295 g/mol. The number of H-pyrrole nitrogens is 1. The predicted molar refractivity (Wildman–Crippen MR) is 85.7 cm³/mol. The van der Waals surface area contributed by atoms with Gasteiger partial charge in [-0.25, -0.2) is 4.98 Å². The fourth-order valence-corrected chi connectivity index (χ4v) is 2.76. The number of halogens is 1. The Hall–Kier alpha value is -2.52. The molecule has 4 heteroatoms. The Morgan fingerprint density at radius 3 is 2.71 bits per heavy atom. The van der Waals surface area contributed by atoms with Gasteiger partial charge in [0.15, 0.2) is 0 Å². The van der Waals surface area contributed by atoms with Crippen LogP contribution < -0.4 is 0 Å². The first kappa shape index (κ1) is 12.2. The highest BCUT2D eigenvalue weighted by atomic mass is 35.5. The van der Waals surface area contributed by atoms with E-state index < -0.39 is 0 Å². The van der Waals surface area contributed by atoms with Crippen LogP contribution in [0.4, 0.5) is 0 Å². The molecule has 0 aliphatic heterocycles. The van der Waals surface area contributed by atoms with Crippen LogP contribution in [-0.4, -0.2) is 15.1 Å². The smallest absolute Gasteiger partial charge is 0.139 e. The Bertz CT molecular complexity index is 975. The highest BCUT2D eigenvalue weighted by Crippen LogP contribution is 2.32. The van der Waals surface area contributed by atoms with E-state index in [2.05, 4.69) is 16.0 Å². The van der Waals surface area contributed by atoms with Gasteiger partial charge in [0.05, 0.1) is 5.69 Å². The van der Waals surface area contributed by atoms with Gasteiger partial charge in [0.25, 0.3) is 0 Å². The number of benzene rings is 2. The number of hydrogen-bond donors (Lipinski definition) is 2. The van der Waals surface area contributed by atoms with Gasteiger partial charge in [-0.1, -0.05) is 29.8 Å². The van der Waals surface area contributed by atoms with Crippen LogP contribution in [0.3, 0.4) is 0 Å². The second-order valence-corrected chi connectivity index (χ2v) is 5.36. The highest BCUT2D eigenvalue weighted by molar-refractivity contribution is 6.31. The quantitative estimate of drug-likeness (QED) is 0.532. The molecule has 2 aromatic heterocycles. The molecule has 0 fully saturated rings. The number of phenolic OH excluding ortho intramolecular Hbond substituents is 1. The van der Waals surface area contributed by atoms with E-state index in [-0.39, 0.29) is 5.75 Å². The van der Waals surface area contributed by atoms with Crippen molar-refractivity contribution in [2.45, 2.75) is 0 Å². The number of para-hydroxylation sites is 1. The molecule has 0 saturated heterocycles. The summed E-state index contributed by atoms with van der Waals surface area (Å²) >= 11 is 6.00. The number of fused-ring (bicyclic) bond motifs is 3. The Kier molecular flexibility index (Phi) is 2.62. The van der Waals surface area contributed by atoms with Gasteiger partial charge in [-0.2, -0.15) is 0 Å². The van der Waals surface area contributed by atoms with Crippen molar-refractivity contribution >= 4 is 33.5 Å². The van der Waals surface area contributed by atoms with Crippen LogP contribution in [0, 0.1) is 0 Å². The summed E-state index contributed by atoms with van der Waals surface area (Å²) < 4.78 is 0. The third-order valence-corrected chi connectivity index (χ3v) is 3.84. The number of aromatic hydroxyl groups is 1. The molecule has 0 amide bonds. The maximum absolute atomic E-state index is 9.99. The summed E-state index contributed by atoms with van der Waals surface area (Å²) in [4.78, 5) is 7.91. The molecule has 0 bridgehead atoms. The van der Waals surface area contributed by atoms with Gasteiger partial charge in [0.2, 0.25) is 0 Å². The minimum atomic E-state index is 0.169. The summed E-state index contributed by atoms with van der Waals surface area (Å²) in [5, 5.41) is 12.8. The number of hydrogen-bond acceptors (Lipinski definition) is 2. The maximum Gasteiger partial charge on any atom is 0.139 e. The van der Waals surface area contributed by atoms with Crippen LogP contribution in [0.1, 0.15) is 0 Å². The normalized spacial score (nSPS) is 11.3. The lowest BCUT2D eigenvalue weighted by molar-refractivity contribution is 0.477. The molecule has 0 spiro atoms. The Morgan fingerprint density at radius 1 is 0.952 bits per heavy atom. The van der Waals surface area contributed by atoms with Crippen LogP contribution in [0.15, 0.2) is 54.6 Å². The lowest BCUT2D eigenvalue weighted by Gasteiger charge is -2.04. The summed E-state index contributed by atoms with van der Waals surface area (Å²) in [5.41, 5.74) is 3.16. The van der Waals surface area contributed by atoms with Crippen molar-refractivity contribution in [3.05, 3.63) is 59.6 Å². The largest absolute Gasteiger partial charge is 0.507 e. The molecule has 4 rings (SSSR count). The second-order valence-electron chi connectivity index (χ2n) is 4.92. The van der Waals surface area contributed by atoms with Gasteiger partial charge in [0.1, 0.15) is 11.4 Å². The van der Waals surface area contributed by atoms with Crippen molar-refractivity contribution in [1.29, 1.82) is 0 Å². The summed E-state index contributed by atoms with van der Waals surface area (Å²) in [6.07, 6.45) is 0. The molecular weight excluding hydrogens is 284 g/mol. The second kappa shape index (κ2) is 4.50.